The Balaban J connectivity index is 2.01. The van der Waals surface area contributed by atoms with Crippen LogP contribution in [-0.2, 0) is 6.54 Å². The quantitative estimate of drug-likeness (QED) is 0.485. The summed E-state index contributed by atoms with van der Waals surface area (Å²) in [6.07, 6.45) is 1.45. The Morgan fingerprint density at radius 2 is 2.14 bits per heavy atom. The number of nitro groups is 1. The number of benzene rings is 2. The summed E-state index contributed by atoms with van der Waals surface area (Å²) in [5, 5.41) is 24.1. The molecule has 0 aliphatic heterocycles. The molecule has 2 N–H and O–H groups in total. The number of hydrogen-bond acceptors (Lipinski definition) is 6. The van der Waals surface area contributed by atoms with Crippen LogP contribution in [0.15, 0.2) is 47.6 Å². The third-order valence-electron chi connectivity index (χ3n) is 2.96. The molecular weight excluding hydrogens is 286 g/mol. The Morgan fingerprint density at radius 1 is 1.36 bits per heavy atom. The highest BCUT2D eigenvalue weighted by atomic mass is 16.6. The van der Waals surface area contributed by atoms with Gasteiger partial charge in [-0.2, -0.15) is 5.10 Å². The fourth-order valence-electron chi connectivity index (χ4n) is 1.87. The lowest BCUT2D eigenvalue weighted by atomic mass is 10.2. The van der Waals surface area contributed by atoms with Crippen molar-refractivity contribution in [2.45, 2.75) is 6.54 Å². The maximum Gasteiger partial charge on any atom is 0.311 e. The van der Waals surface area contributed by atoms with Gasteiger partial charge in [0.15, 0.2) is 5.75 Å². The average molecular weight is 301 g/mol. The molecule has 0 aliphatic carbocycles. The second kappa shape index (κ2) is 7.07. The summed E-state index contributed by atoms with van der Waals surface area (Å²) in [5.41, 5.74) is 3.95. The van der Waals surface area contributed by atoms with Crippen molar-refractivity contribution in [1.29, 1.82) is 0 Å². The molecule has 0 radical (unpaired) electrons. The summed E-state index contributed by atoms with van der Waals surface area (Å²) in [6, 6.07) is 11.6. The maximum absolute atomic E-state index is 10.7. The van der Waals surface area contributed by atoms with Gasteiger partial charge in [0.1, 0.15) is 5.75 Å². The molecule has 0 bridgehead atoms. The van der Waals surface area contributed by atoms with E-state index in [1.165, 1.54) is 24.4 Å². The van der Waals surface area contributed by atoms with Gasteiger partial charge in [-0.3, -0.25) is 10.1 Å². The summed E-state index contributed by atoms with van der Waals surface area (Å²) in [5.74, 6) is 0.384. The lowest BCUT2D eigenvalue weighted by Gasteiger charge is -2.07. The molecule has 0 spiro atoms. The van der Waals surface area contributed by atoms with Gasteiger partial charge in [-0.1, -0.05) is 18.2 Å². The molecule has 2 rings (SSSR count). The van der Waals surface area contributed by atoms with E-state index in [0.29, 0.717) is 12.1 Å². The number of nitrogens with zero attached hydrogens (tertiary/aromatic N) is 2. The van der Waals surface area contributed by atoms with Crippen molar-refractivity contribution in [2.75, 3.05) is 7.11 Å². The molecule has 114 valence electrons. The van der Waals surface area contributed by atoms with Crippen LogP contribution in [0.4, 0.5) is 5.69 Å². The molecule has 0 atom stereocenters. The van der Waals surface area contributed by atoms with Crippen LogP contribution in [0.3, 0.4) is 0 Å². The molecule has 0 amide bonds. The van der Waals surface area contributed by atoms with Gasteiger partial charge in [0.05, 0.1) is 24.8 Å². The van der Waals surface area contributed by atoms with Crippen molar-refractivity contribution < 1.29 is 14.8 Å². The molecule has 0 aromatic heterocycles. The summed E-state index contributed by atoms with van der Waals surface area (Å²) < 4.78 is 5.22. The number of phenolic OH excluding ortho intramolecular Hbond substituents is 1. The predicted molar refractivity (Wildman–Crippen MR) is 82.2 cm³/mol. The molecule has 0 aliphatic rings. The Hall–Kier alpha value is -3.09. The summed E-state index contributed by atoms with van der Waals surface area (Å²) in [6.45, 7) is 0.459. The molecule has 0 heterocycles. The highest BCUT2D eigenvalue weighted by Gasteiger charge is 2.12. The first-order valence-electron chi connectivity index (χ1n) is 6.47. The topological polar surface area (TPSA) is 97.0 Å². The van der Waals surface area contributed by atoms with Gasteiger partial charge in [0.2, 0.25) is 0 Å². The van der Waals surface area contributed by atoms with Crippen LogP contribution in [-0.4, -0.2) is 23.4 Å². The highest BCUT2D eigenvalue weighted by Crippen LogP contribution is 2.25. The number of aromatic hydroxyl groups is 1. The van der Waals surface area contributed by atoms with E-state index in [9.17, 15) is 15.2 Å². The van der Waals surface area contributed by atoms with E-state index in [4.69, 9.17) is 4.74 Å². The molecule has 2 aromatic carbocycles. The number of hydrazone groups is 1. The summed E-state index contributed by atoms with van der Waals surface area (Å²) >= 11 is 0. The Kier molecular flexibility index (Phi) is 4.92. The van der Waals surface area contributed by atoms with E-state index in [0.717, 1.165) is 11.3 Å². The standard InChI is InChI=1S/C15H15N3O4/c1-22-15-5-3-2-4-12(15)10-17-16-9-11-6-7-14(19)13(8-11)18(20)21/h2-9,17,19H,10H2,1H3/b16-9-. The maximum atomic E-state index is 10.7. The van der Waals surface area contributed by atoms with E-state index in [1.54, 1.807) is 7.11 Å². The van der Waals surface area contributed by atoms with Crippen molar-refractivity contribution in [1.82, 2.24) is 5.43 Å². The lowest BCUT2D eigenvalue weighted by molar-refractivity contribution is -0.385. The van der Waals surface area contributed by atoms with Crippen molar-refractivity contribution in [3.63, 3.8) is 0 Å². The summed E-state index contributed by atoms with van der Waals surface area (Å²) in [4.78, 5) is 10.1. The average Bonchev–Trinajstić information content (AvgIpc) is 2.53. The number of ether oxygens (including phenoxy) is 1. The van der Waals surface area contributed by atoms with Gasteiger partial charge in [-0.15, -0.1) is 0 Å². The monoisotopic (exact) mass is 301 g/mol. The predicted octanol–water partition coefficient (Wildman–Crippen LogP) is 2.43. The minimum atomic E-state index is -0.644. The Labute approximate surface area is 127 Å². The van der Waals surface area contributed by atoms with Crippen LogP contribution < -0.4 is 10.2 Å². The van der Waals surface area contributed by atoms with E-state index >= 15 is 0 Å². The number of hydrogen-bond donors (Lipinski definition) is 2. The zero-order chi connectivity index (χ0) is 15.9. The first kappa shape index (κ1) is 15.3. The first-order valence-corrected chi connectivity index (χ1v) is 6.47. The van der Waals surface area contributed by atoms with Crippen LogP contribution in [0.2, 0.25) is 0 Å². The molecule has 7 heteroatoms. The van der Waals surface area contributed by atoms with Crippen LogP contribution in [0.1, 0.15) is 11.1 Å². The second-order valence-corrected chi connectivity index (χ2v) is 4.41. The van der Waals surface area contributed by atoms with Crippen LogP contribution in [0.25, 0.3) is 0 Å². The largest absolute Gasteiger partial charge is 0.502 e. The van der Waals surface area contributed by atoms with Crippen LogP contribution >= 0.6 is 0 Å². The van der Waals surface area contributed by atoms with Gasteiger partial charge in [-0.25, -0.2) is 0 Å². The van der Waals surface area contributed by atoms with Crippen LogP contribution in [0, 0.1) is 10.1 Å². The molecule has 0 saturated heterocycles. The minimum Gasteiger partial charge on any atom is -0.502 e. The third kappa shape index (κ3) is 3.72. The molecule has 0 unspecified atom stereocenters. The number of phenols is 1. The van der Waals surface area contributed by atoms with Crippen molar-refractivity contribution >= 4 is 11.9 Å². The number of methoxy groups -OCH3 is 1. The van der Waals surface area contributed by atoms with Crippen molar-refractivity contribution in [3.05, 3.63) is 63.7 Å². The van der Waals surface area contributed by atoms with Gasteiger partial charge in [0, 0.05) is 17.2 Å². The molecule has 0 fully saturated rings. The lowest BCUT2D eigenvalue weighted by Crippen LogP contribution is -2.06. The number of rotatable bonds is 6. The zero-order valence-corrected chi connectivity index (χ0v) is 11.9. The van der Waals surface area contributed by atoms with E-state index in [-0.39, 0.29) is 11.4 Å². The third-order valence-corrected chi connectivity index (χ3v) is 2.96. The van der Waals surface area contributed by atoms with Gasteiger partial charge in [-0.05, 0) is 18.2 Å². The molecule has 0 saturated carbocycles. The molecule has 7 nitrogen and oxygen atoms in total. The van der Waals surface area contributed by atoms with Gasteiger partial charge >= 0.3 is 5.69 Å². The van der Waals surface area contributed by atoms with Crippen molar-refractivity contribution in [3.8, 4) is 11.5 Å². The Bertz CT molecular complexity index is 701. The van der Waals surface area contributed by atoms with Gasteiger partial charge in [0.25, 0.3) is 0 Å². The summed E-state index contributed by atoms with van der Waals surface area (Å²) in [7, 11) is 1.59. The fourth-order valence-corrected chi connectivity index (χ4v) is 1.87. The van der Waals surface area contributed by atoms with Gasteiger partial charge < -0.3 is 15.3 Å². The number of para-hydroxylation sites is 1. The van der Waals surface area contributed by atoms with Crippen molar-refractivity contribution in [2.24, 2.45) is 5.10 Å². The Morgan fingerprint density at radius 3 is 2.86 bits per heavy atom. The number of nitro benzene ring substituents is 1. The zero-order valence-electron chi connectivity index (χ0n) is 11.9. The fraction of sp³-hybridized carbons (Fsp3) is 0.133. The molecular formula is C15H15N3O4. The number of nitrogens with one attached hydrogen (secondary N) is 1. The normalized spacial score (nSPS) is 10.6. The molecule has 2 aromatic rings. The highest BCUT2D eigenvalue weighted by molar-refractivity contribution is 5.81. The molecule has 22 heavy (non-hydrogen) atoms. The first-order chi connectivity index (χ1) is 10.6. The second-order valence-electron chi connectivity index (χ2n) is 4.41. The minimum absolute atomic E-state index is 0.353. The smallest absolute Gasteiger partial charge is 0.311 e. The SMILES string of the molecule is COc1ccccc1CN/N=C\c1ccc(O)c([N+](=O)[O-])c1. The van der Waals surface area contributed by atoms with E-state index in [1.807, 2.05) is 24.3 Å². The van der Waals surface area contributed by atoms with E-state index in [2.05, 4.69) is 10.5 Å². The van der Waals surface area contributed by atoms with E-state index < -0.39 is 4.92 Å². The van der Waals surface area contributed by atoms with Crippen LogP contribution in [0.5, 0.6) is 11.5 Å².